The second kappa shape index (κ2) is 9.73. The van der Waals surface area contributed by atoms with Crippen LogP contribution in [-0.4, -0.2) is 45.8 Å². The van der Waals surface area contributed by atoms with Crippen molar-refractivity contribution in [2.24, 2.45) is 0 Å². The Morgan fingerprint density at radius 1 is 1.23 bits per heavy atom. The highest BCUT2D eigenvalue weighted by Crippen LogP contribution is 2.33. The average Bonchev–Trinajstić information content (AvgIpc) is 2.88. The molecule has 2 rings (SSSR count). The molecular weight excluding hydrogens is 368 g/mol. The summed E-state index contributed by atoms with van der Waals surface area (Å²) in [5.74, 6) is -0.911. The Hall–Kier alpha value is -1.86. The number of carboxylic acids is 1. The number of hydrogen-bond donors (Lipinski definition) is 1. The van der Waals surface area contributed by atoms with Gasteiger partial charge < -0.3 is 10.0 Å². The second-order valence-electron chi connectivity index (χ2n) is 5.95. The lowest BCUT2D eigenvalue weighted by atomic mass is 10.1. The van der Waals surface area contributed by atoms with Gasteiger partial charge in [-0.25, -0.2) is 0 Å². The van der Waals surface area contributed by atoms with Crippen molar-refractivity contribution in [3.63, 3.8) is 0 Å². The van der Waals surface area contributed by atoms with E-state index in [1.807, 2.05) is 18.2 Å². The largest absolute Gasteiger partial charge is 0.481 e. The molecule has 26 heavy (non-hydrogen) atoms. The normalized spacial score (nSPS) is 15.8. The Bertz CT molecular complexity index is 697. The number of benzene rings is 1. The fourth-order valence-corrected chi connectivity index (χ4v) is 4.07. The minimum absolute atomic E-state index is 0.0943. The number of carbonyl (C=O) groups is 2. The molecule has 1 amide bonds. The summed E-state index contributed by atoms with van der Waals surface area (Å²) in [6.45, 7) is 6.63. The van der Waals surface area contributed by atoms with E-state index < -0.39 is 5.97 Å². The van der Waals surface area contributed by atoms with E-state index in [1.165, 1.54) is 11.8 Å². The zero-order valence-corrected chi connectivity index (χ0v) is 16.7. The third-order valence-electron chi connectivity index (χ3n) is 4.22. The Morgan fingerprint density at radius 3 is 2.46 bits per heavy atom. The topological polar surface area (TPSA) is 60.9 Å². The molecule has 0 spiro atoms. The van der Waals surface area contributed by atoms with Gasteiger partial charge in [-0.3, -0.25) is 14.5 Å². The van der Waals surface area contributed by atoms with Crippen LogP contribution < -0.4 is 4.90 Å². The maximum Gasteiger partial charge on any atom is 0.303 e. The highest BCUT2D eigenvalue weighted by atomic mass is 32.2. The highest BCUT2D eigenvalue weighted by molar-refractivity contribution is 8.26. The number of hydrogen-bond acceptors (Lipinski definition) is 5. The fourth-order valence-electron chi connectivity index (χ4n) is 2.76. The van der Waals surface area contributed by atoms with Crippen molar-refractivity contribution >= 4 is 51.9 Å². The Kier molecular flexibility index (Phi) is 7.66. The van der Waals surface area contributed by atoms with Crippen LogP contribution in [0, 0.1) is 0 Å². The molecule has 7 heteroatoms. The summed E-state index contributed by atoms with van der Waals surface area (Å²) in [7, 11) is 0. The predicted molar refractivity (Wildman–Crippen MR) is 111 cm³/mol. The Balaban J connectivity index is 2.01. The van der Waals surface area contributed by atoms with Gasteiger partial charge in [0.15, 0.2) is 0 Å². The number of rotatable bonds is 9. The van der Waals surface area contributed by atoms with E-state index in [4.69, 9.17) is 17.3 Å². The second-order valence-corrected chi connectivity index (χ2v) is 7.62. The Labute approximate surface area is 164 Å². The number of carboxylic acid groups (broad SMARTS) is 1. The van der Waals surface area contributed by atoms with E-state index in [9.17, 15) is 9.59 Å². The molecule has 0 saturated carbocycles. The molecule has 1 fully saturated rings. The molecule has 0 aromatic heterocycles. The summed E-state index contributed by atoms with van der Waals surface area (Å²) >= 11 is 6.61. The molecule has 1 heterocycles. The molecule has 1 N–H and O–H groups in total. The molecule has 1 aliphatic heterocycles. The van der Waals surface area contributed by atoms with Crippen molar-refractivity contribution in [1.29, 1.82) is 0 Å². The Morgan fingerprint density at radius 2 is 1.88 bits per heavy atom. The molecule has 1 aromatic rings. The molecule has 0 bridgehead atoms. The minimum atomic E-state index is -0.816. The summed E-state index contributed by atoms with van der Waals surface area (Å²) in [5, 5.41) is 8.68. The van der Waals surface area contributed by atoms with E-state index in [2.05, 4.69) is 30.9 Å². The van der Waals surface area contributed by atoms with Crippen LogP contribution in [0.15, 0.2) is 29.2 Å². The molecular formula is C19H24N2O3S2. The minimum Gasteiger partial charge on any atom is -0.481 e. The van der Waals surface area contributed by atoms with Crippen molar-refractivity contribution in [2.75, 3.05) is 24.5 Å². The molecule has 0 unspecified atom stereocenters. The van der Waals surface area contributed by atoms with Crippen molar-refractivity contribution in [3.05, 3.63) is 34.7 Å². The number of unbranched alkanes of at least 4 members (excludes halogenated alkanes) is 1. The zero-order valence-electron chi connectivity index (χ0n) is 15.1. The highest BCUT2D eigenvalue weighted by Gasteiger charge is 2.31. The van der Waals surface area contributed by atoms with Crippen LogP contribution >= 0.6 is 24.0 Å². The van der Waals surface area contributed by atoms with Crippen LogP contribution in [0.5, 0.6) is 0 Å². The van der Waals surface area contributed by atoms with Crippen LogP contribution in [-0.2, 0) is 9.59 Å². The van der Waals surface area contributed by atoms with Gasteiger partial charge in [-0.05, 0) is 50.5 Å². The maximum absolute atomic E-state index is 12.5. The lowest BCUT2D eigenvalue weighted by Crippen LogP contribution is -2.29. The quantitative estimate of drug-likeness (QED) is 0.390. The molecule has 1 aliphatic rings. The summed E-state index contributed by atoms with van der Waals surface area (Å²) in [5.41, 5.74) is 2.13. The molecule has 0 atom stereocenters. The predicted octanol–water partition coefficient (Wildman–Crippen LogP) is 3.99. The van der Waals surface area contributed by atoms with Gasteiger partial charge in [0.25, 0.3) is 5.91 Å². The van der Waals surface area contributed by atoms with E-state index >= 15 is 0 Å². The van der Waals surface area contributed by atoms with Crippen LogP contribution in [0.25, 0.3) is 6.08 Å². The van der Waals surface area contributed by atoms with Crippen molar-refractivity contribution in [1.82, 2.24) is 4.90 Å². The first kappa shape index (κ1) is 20.5. The van der Waals surface area contributed by atoms with Gasteiger partial charge in [-0.2, -0.15) is 0 Å². The van der Waals surface area contributed by atoms with E-state index in [0.717, 1.165) is 24.3 Å². The van der Waals surface area contributed by atoms with E-state index in [0.29, 0.717) is 28.6 Å². The number of nitrogens with zero attached hydrogens (tertiary/aromatic N) is 2. The molecule has 0 radical (unpaired) electrons. The lowest BCUT2D eigenvalue weighted by Gasteiger charge is -2.20. The smallest absolute Gasteiger partial charge is 0.303 e. The van der Waals surface area contributed by atoms with Crippen molar-refractivity contribution in [2.45, 2.75) is 33.1 Å². The number of amides is 1. The molecule has 1 saturated heterocycles. The third-order valence-corrected chi connectivity index (χ3v) is 5.59. The first-order valence-electron chi connectivity index (χ1n) is 8.78. The average molecular weight is 393 g/mol. The van der Waals surface area contributed by atoms with Gasteiger partial charge in [0.05, 0.1) is 4.91 Å². The SMILES string of the molecule is CCN(CC)c1ccc(/C=C2\SC(=S)N(CCCCC(=O)O)C2=O)cc1. The van der Waals surface area contributed by atoms with Gasteiger partial charge in [0, 0.05) is 31.7 Å². The number of aliphatic carboxylic acids is 1. The molecule has 5 nitrogen and oxygen atoms in total. The van der Waals surface area contributed by atoms with Crippen molar-refractivity contribution in [3.8, 4) is 0 Å². The first-order chi connectivity index (χ1) is 12.5. The van der Waals surface area contributed by atoms with Gasteiger partial charge in [0.2, 0.25) is 0 Å². The number of anilines is 1. The number of thioether (sulfide) groups is 1. The van der Waals surface area contributed by atoms with Gasteiger partial charge in [0.1, 0.15) is 4.32 Å². The zero-order chi connectivity index (χ0) is 19.1. The van der Waals surface area contributed by atoms with Crippen LogP contribution in [0.1, 0.15) is 38.7 Å². The van der Waals surface area contributed by atoms with E-state index in [1.54, 1.807) is 4.90 Å². The summed E-state index contributed by atoms with van der Waals surface area (Å²) < 4.78 is 0.538. The van der Waals surface area contributed by atoms with Crippen LogP contribution in [0.3, 0.4) is 0 Å². The summed E-state index contributed by atoms with van der Waals surface area (Å²) in [6, 6.07) is 8.14. The first-order valence-corrected chi connectivity index (χ1v) is 10.0. The summed E-state index contributed by atoms with van der Waals surface area (Å²) in [6.07, 6.45) is 3.15. The number of carbonyl (C=O) groups excluding carboxylic acids is 1. The third kappa shape index (κ3) is 5.32. The number of thiocarbonyl (C=S) groups is 1. The van der Waals surface area contributed by atoms with Crippen LogP contribution in [0.2, 0.25) is 0 Å². The van der Waals surface area contributed by atoms with Gasteiger partial charge in [-0.15, -0.1) is 0 Å². The fraction of sp³-hybridized carbons (Fsp3) is 0.421. The lowest BCUT2D eigenvalue weighted by molar-refractivity contribution is -0.137. The van der Waals surface area contributed by atoms with E-state index in [-0.39, 0.29) is 12.3 Å². The van der Waals surface area contributed by atoms with Crippen molar-refractivity contribution < 1.29 is 14.7 Å². The maximum atomic E-state index is 12.5. The molecule has 140 valence electrons. The molecule has 0 aliphatic carbocycles. The van der Waals surface area contributed by atoms with Crippen LogP contribution in [0.4, 0.5) is 5.69 Å². The van der Waals surface area contributed by atoms with Gasteiger partial charge in [-0.1, -0.05) is 36.1 Å². The standard InChI is InChI=1S/C19H24N2O3S2/c1-3-20(4-2)15-10-8-14(9-11-15)13-16-18(24)21(19(25)26-16)12-6-5-7-17(22)23/h8-11,13H,3-7,12H2,1-2H3,(H,22,23)/b16-13-. The monoisotopic (exact) mass is 392 g/mol. The van der Waals surface area contributed by atoms with Gasteiger partial charge >= 0.3 is 5.97 Å². The molecule has 1 aromatic carbocycles. The summed E-state index contributed by atoms with van der Waals surface area (Å²) in [4.78, 5) is 27.5.